The van der Waals surface area contributed by atoms with Crippen molar-refractivity contribution < 1.29 is 19.4 Å². The number of carbonyl (C=O) groups is 2. The monoisotopic (exact) mass is 341 g/mol. The highest BCUT2D eigenvalue weighted by Gasteiger charge is 2.28. The highest BCUT2D eigenvalue weighted by molar-refractivity contribution is 5.82. The van der Waals surface area contributed by atoms with Crippen molar-refractivity contribution in [1.82, 2.24) is 5.32 Å². The van der Waals surface area contributed by atoms with Crippen LogP contribution in [0.1, 0.15) is 20.8 Å². The Morgan fingerprint density at radius 2 is 1.60 bits per heavy atom. The van der Waals surface area contributed by atoms with Crippen LogP contribution < -0.4 is 10.1 Å². The van der Waals surface area contributed by atoms with Crippen LogP contribution in [0.15, 0.2) is 54.6 Å². The van der Waals surface area contributed by atoms with Gasteiger partial charge >= 0.3 is 5.97 Å². The maximum absolute atomic E-state index is 12.1. The molecule has 2 N–H and O–H groups in total. The third-order valence-electron chi connectivity index (χ3n) is 3.93. The van der Waals surface area contributed by atoms with Gasteiger partial charge in [0.25, 0.3) is 5.91 Å². The predicted octanol–water partition coefficient (Wildman–Crippen LogP) is 3.35. The molecule has 0 saturated heterocycles. The Morgan fingerprint density at radius 1 is 1.04 bits per heavy atom. The third-order valence-corrected chi connectivity index (χ3v) is 3.93. The smallest absolute Gasteiger partial charge is 0.310 e. The quantitative estimate of drug-likeness (QED) is 0.810. The lowest BCUT2D eigenvalue weighted by Gasteiger charge is -2.21. The minimum Gasteiger partial charge on any atom is -0.481 e. The van der Waals surface area contributed by atoms with Gasteiger partial charge in [-0.05, 0) is 44.0 Å². The Kier molecular flexibility index (Phi) is 5.80. The molecule has 0 heterocycles. The summed E-state index contributed by atoms with van der Waals surface area (Å²) in [5.74, 6) is -0.723. The van der Waals surface area contributed by atoms with E-state index >= 15 is 0 Å². The number of hydrogen-bond acceptors (Lipinski definition) is 3. The number of carbonyl (C=O) groups excluding carboxylic acids is 1. The molecule has 2 aromatic carbocycles. The summed E-state index contributed by atoms with van der Waals surface area (Å²) in [7, 11) is 0. The van der Waals surface area contributed by atoms with E-state index < -0.39 is 17.5 Å². The van der Waals surface area contributed by atoms with Crippen LogP contribution in [0, 0.1) is 5.41 Å². The van der Waals surface area contributed by atoms with Gasteiger partial charge in [0, 0.05) is 6.54 Å². The zero-order valence-electron chi connectivity index (χ0n) is 14.7. The van der Waals surface area contributed by atoms with Crippen molar-refractivity contribution in [3.8, 4) is 16.9 Å². The Morgan fingerprint density at radius 3 is 2.16 bits per heavy atom. The predicted molar refractivity (Wildman–Crippen MR) is 96.4 cm³/mol. The van der Waals surface area contributed by atoms with Crippen LogP contribution in [0.4, 0.5) is 0 Å². The molecule has 0 aromatic heterocycles. The molecule has 0 saturated carbocycles. The van der Waals surface area contributed by atoms with Crippen molar-refractivity contribution in [2.45, 2.75) is 26.9 Å². The van der Waals surface area contributed by atoms with E-state index in [0.717, 1.165) is 11.1 Å². The second kappa shape index (κ2) is 7.83. The van der Waals surface area contributed by atoms with E-state index in [0.29, 0.717) is 5.75 Å². The SMILES string of the molecule is CC(Oc1ccc(-c2ccccc2)cc1)C(=O)NCC(C)(C)C(=O)O. The van der Waals surface area contributed by atoms with Crippen LogP contribution in [0.5, 0.6) is 5.75 Å². The Labute approximate surface area is 147 Å². The van der Waals surface area contributed by atoms with Crippen LogP contribution >= 0.6 is 0 Å². The summed E-state index contributed by atoms with van der Waals surface area (Å²) in [5.41, 5.74) is 1.15. The van der Waals surface area contributed by atoms with Gasteiger partial charge in [0.1, 0.15) is 5.75 Å². The van der Waals surface area contributed by atoms with E-state index in [1.807, 2.05) is 54.6 Å². The zero-order valence-corrected chi connectivity index (χ0v) is 14.7. The van der Waals surface area contributed by atoms with Gasteiger partial charge in [0.15, 0.2) is 6.10 Å². The Hall–Kier alpha value is -2.82. The molecule has 1 atom stereocenters. The second-order valence-corrected chi connectivity index (χ2v) is 6.56. The van der Waals surface area contributed by atoms with E-state index in [-0.39, 0.29) is 12.5 Å². The fourth-order valence-electron chi connectivity index (χ4n) is 2.14. The first-order chi connectivity index (χ1) is 11.8. The second-order valence-electron chi connectivity index (χ2n) is 6.56. The zero-order chi connectivity index (χ0) is 18.4. The number of benzene rings is 2. The number of carboxylic acids is 1. The lowest BCUT2D eigenvalue weighted by molar-refractivity contribution is -0.147. The number of aliphatic carboxylic acids is 1. The van der Waals surface area contributed by atoms with Crippen molar-refractivity contribution >= 4 is 11.9 Å². The van der Waals surface area contributed by atoms with Crippen molar-refractivity contribution in [3.63, 3.8) is 0 Å². The first-order valence-electron chi connectivity index (χ1n) is 8.13. The molecule has 1 unspecified atom stereocenters. The summed E-state index contributed by atoms with van der Waals surface area (Å²) < 4.78 is 5.63. The summed E-state index contributed by atoms with van der Waals surface area (Å²) in [6.45, 7) is 4.79. The fraction of sp³-hybridized carbons (Fsp3) is 0.300. The molecule has 2 rings (SSSR count). The standard InChI is InChI=1S/C20H23NO4/c1-14(18(22)21-13-20(2,3)19(23)24)25-17-11-9-16(10-12-17)15-7-5-4-6-8-15/h4-12,14H,13H2,1-3H3,(H,21,22)(H,23,24). The van der Waals surface area contributed by atoms with Gasteiger partial charge in [-0.3, -0.25) is 9.59 Å². The molecule has 25 heavy (non-hydrogen) atoms. The maximum atomic E-state index is 12.1. The van der Waals surface area contributed by atoms with Gasteiger partial charge in [-0.15, -0.1) is 0 Å². The number of nitrogens with one attached hydrogen (secondary N) is 1. The topological polar surface area (TPSA) is 75.6 Å². The molecule has 132 valence electrons. The normalized spacial score (nSPS) is 12.3. The first-order valence-corrected chi connectivity index (χ1v) is 8.13. The minimum absolute atomic E-state index is 0.0435. The van der Waals surface area contributed by atoms with E-state index in [2.05, 4.69) is 5.32 Å². The molecule has 5 nitrogen and oxygen atoms in total. The van der Waals surface area contributed by atoms with Gasteiger partial charge < -0.3 is 15.2 Å². The molecule has 0 aliphatic rings. The number of ether oxygens (including phenoxy) is 1. The molecule has 2 aromatic rings. The molecule has 0 bridgehead atoms. The Bertz CT molecular complexity index is 723. The van der Waals surface area contributed by atoms with Gasteiger partial charge in [0.2, 0.25) is 0 Å². The lowest BCUT2D eigenvalue weighted by atomic mass is 9.94. The van der Waals surface area contributed by atoms with Crippen molar-refractivity contribution in [2.75, 3.05) is 6.54 Å². The molecule has 0 aliphatic carbocycles. The molecule has 1 amide bonds. The number of hydrogen-bond donors (Lipinski definition) is 2. The van der Waals surface area contributed by atoms with Gasteiger partial charge in [0.05, 0.1) is 5.41 Å². The molecule has 0 spiro atoms. The average molecular weight is 341 g/mol. The number of carboxylic acid groups (broad SMARTS) is 1. The molecular weight excluding hydrogens is 318 g/mol. The highest BCUT2D eigenvalue weighted by Crippen LogP contribution is 2.22. The summed E-state index contributed by atoms with van der Waals surface area (Å²) in [4.78, 5) is 23.1. The van der Waals surface area contributed by atoms with E-state index in [1.54, 1.807) is 20.8 Å². The Balaban J connectivity index is 1.93. The van der Waals surface area contributed by atoms with Crippen LogP contribution in [0.25, 0.3) is 11.1 Å². The van der Waals surface area contributed by atoms with E-state index in [1.165, 1.54) is 0 Å². The fourth-order valence-corrected chi connectivity index (χ4v) is 2.14. The molecule has 0 fully saturated rings. The molecule has 0 aliphatic heterocycles. The maximum Gasteiger partial charge on any atom is 0.310 e. The summed E-state index contributed by atoms with van der Waals surface area (Å²) in [5, 5.41) is 11.7. The molecular formula is C20H23NO4. The van der Waals surface area contributed by atoms with Crippen LogP contribution in [-0.4, -0.2) is 29.6 Å². The third kappa shape index (κ3) is 5.08. The largest absolute Gasteiger partial charge is 0.481 e. The molecule has 0 radical (unpaired) electrons. The minimum atomic E-state index is -1.02. The highest BCUT2D eigenvalue weighted by atomic mass is 16.5. The van der Waals surface area contributed by atoms with E-state index in [9.17, 15) is 9.59 Å². The first kappa shape index (κ1) is 18.5. The van der Waals surface area contributed by atoms with Crippen molar-refractivity contribution in [3.05, 3.63) is 54.6 Å². The van der Waals surface area contributed by atoms with E-state index in [4.69, 9.17) is 9.84 Å². The summed E-state index contributed by atoms with van der Waals surface area (Å²) in [6, 6.07) is 17.5. The lowest BCUT2D eigenvalue weighted by Crippen LogP contribution is -2.43. The van der Waals surface area contributed by atoms with Crippen molar-refractivity contribution in [2.24, 2.45) is 5.41 Å². The molecule has 5 heteroatoms. The van der Waals surface area contributed by atoms with Crippen LogP contribution in [0.3, 0.4) is 0 Å². The van der Waals surface area contributed by atoms with Crippen LogP contribution in [0.2, 0.25) is 0 Å². The average Bonchev–Trinajstić information content (AvgIpc) is 2.61. The van der Waals surface area contributed by atoms with Gasteiger partial charge in [-0.1, -0.05) is 42.5 Å². The number of rotatable bonds is 7. The summed E-state index contributed by atoms with van der Waals surface area (Å²) >= 11 is 0. The van der Waals surface area contributed by atoms with Gasteiger partial charge in [-0.2, -0.15) is 0 Å². The van der Waals surface area contributed by atoms with Crippen molar-refractivity contribution in [1.29, 1.82) is 0 Å². The van der Waals surface area contributed by atoms with Crippen LogP contribution in [-0.2, 0) is 9.59 Å². The van der Waals surface area contributed by atoms with Gasteiger partial charge in [-0.25, -0.2) is 0 Å². The summed E-state index contributed by atoms with van der Waals surface area (Å²) in [6.07, 6.45) is -0.716. The number of amides is 1.